The zero-order valence-corrected chi connectivity index (χ0v) is 11.6. The van der Waals surface area contributed by atoms with Crippen LogP contribution in [0.2, 0.25) is 0 Å². The molecule has 0 aliphatic carbocycles. The van der Waals surface area contributed by atoms with Gasteiger partial charge in [-0.1, -0.05) is 12.1 Å². The zero-order chi connectivity index (χ0) is 14.7. The number of carbonyl (C=O) groups is 1. The third-order valence-corrected chi connectivity index (χ3v) is 3.54. The summed E-state index contributed by atoms with van der Waals surface area (Å²) < 4.78 is 0. The molecule has 1 saturated heterocycles. The van der Waals surface area contributed by atoms with E-state index in [1.165, 1.54) is 6.20 Å². The Kier molecular flexibility index (Phi) is 3.73. The van der Waals surface area contributed by atoms with Crippen LogP contribution >= 0.6 is 0 Å². The lowest BCUT2D eigenvalue weighted by atomic mass is 10.2. The molecule has 2 heterocycles. The molecule has 1 aliphatic rings. The largest absolute Gasteiger partial charge is 0.506 e. The van der Waals surface area contributed by atoms with E-state index in [9.17, 15) is 9.90 Å². The predicted octanol–water partition coefficient (Wildman–Crippen LogP) is 2.53. The number of hydrogen-bond acceptors (Lipinski definition) is 4. The molecule has 3 rings (SSSR count). The van der Waals surface area contributed by atoms with Crippen LogP contribution < -0.4 is 10.2 Å². The van der Waals surface area contributed by atoms with Crippen molar-refractivity contribution in [3.05, 3.63) is 48.3 Å². The van der Waals surface area contributed by atoms with Crippen molar-refractivity contribution < 1.29 is 9.90 Å². The second-order valence-corrected chi connectivity index (χ2v) is 5.03. The van der Waals surface area contributed by atoms with E-state index in [-0.39, 0.29) is 11.7 Å². The van der Waals surface area contributed by atoms with Crippen LogP contribution in [0, 0.1) is 0 Å². The highest BCUT2D eigenvalue weighted by molar-refractivity contribution is 5.98. The fourth-order valence-corrected chi connectivity index (χ4v) is 2.47. The van der Waals surface area contributed by atoms with Crippen molar-refractivity contribution in [2.24, 2.45) is 0 Å². The lowest BCUT2D eigenvalue weighted by Crippen LogP contribution is -2.24. The van der Waals surface area contributed by atoms with Gasteiger partial charge >= 0.3 is 0 Å². The van der Waals surface area contributed by atoms with E-state index in [4.69, 9.17) is 0 Å². The standard InChI is InChI=1S/C16H17N3O2/c20-13-8-7-12(17-11-13)10-18-14-4-1-2-5-15(14)19-9-3-6-16(19)21/h1-2,4-5,7-8,11,18,20H,3,6,9-10H2. The quantitative estimate of drug-likeness (QED) is 0.905. The summed E-state index contributed by atoms with van der Waals surface area (Å²) in [6.07, 6.45) is 2.95. The van der Waals surface area contributed by atoms with Gasteiger partial charge in [-0.05, 0) is 30.7 Å². The third kappa shape index (κ3) is 2.97. The number of benzene rings is 1. The number of anilines is 2. The van der Waals surface area contributed by atoms with E-state index < -0.39 is 0 Å². The van der Waals surface area contributed by atoms with E-state index in [1.807, 2.05) is 29.2 Å². The molecular weight excluding hydrogens is 266 g/mol. The number of nitrogens with zero attached hydrogens (tertiary/aromatic N) is 2. The Bertz CT molecular complexity index is 640. The Morgan fingerprint density at radius 1 is 1.24 bits per heavy atom. The molecule has 1 aromatic heterocycles. The monoisotopic (exact) mass is 283 g/mol. The van der Waals surface area contributed by atoms with Crippen molar-refractivity contribution in [2.75, 3.05) is 16.8 Å². The van der Waals surface area contributed by atoms with Crippen LogP contribution in [0.1, 0.15) is 18.5 Å². The maximum absolute atomic E-state index is 11.9. The molecule has 5 heteroatoms. The number of nitrogens with one attached hydrogen (secondary N) is 1. The summed E-state index contributed by atoms with van der Waals surface area (Å²) in [6.45, 7) is 1.31. The van der Waals surface area contributed by atoms with Gasteiger partial charge in [-0.2, -0.15) is 0 Å². The first-order valence-electron chi connectivity index (χ1n) is 7.01. The Hall–Kier alpha value is -2.56. The van der Waals surface area contributed by atoms with Gasteiger partial charge < -0.3 is 15.3 Å². The number of amides is 1. The van der Waals surface area contributed by atoms with Crippen molar-refractivity contribution in [1.82, 2.24) is 4.98 Å². The molecule has 21 heavy (non-hydrogen) atoms. The maximum Gasteiger partial charge on any atom is 0.227 e. The van der Waals surface area contributed by atoms with E-state index in [1.54, 1.807) is 12.1 Å². The molecule has 0 unspecified atom stereocenters. The van der Waals surface area contributed by atoms with E-state index in [0.29, 0.717) is 13.0 Å². The van der Waals surface area contributed by atoms with Crippen LogP contribution in [0.15, 0.2) is 42.6 Å². The van der Waals surface area contributed by atoms with Crippen molar-refractivity contribution >= 4 is 17.3 Å². The normalized spacial score (nSPS) is 14.5. The fourth-order valence-electron chi connectivity index (χ4n) is 2.47. The number of rotatable bonds is 4. The molecule has 1 amide bonds. The second kappa shape index (κ2) is 5.83. The number of carbonyl (C=O) groups excluding carboxylic acids is 1. The first-order chi connectivity index (χ1) is 10.2. The van der Waals surface area contributed by atoms with Gasteiger partial charge in [0.2, 0.25) is 5.91 Å². The molecule has 108 valence electrons. The predicted molar refractivity (Wildman–Crippen MR) is 81.3 cm³/mol. The lowest BCUT2D eigenvalue weighted by Gasteiger charge is -2.20. The van der Waals surface area contributed by atoms with Crippen LogP contribution in [0.5, 0.6) is 5.75 Å². The number of aromatic nitrogens is 1. The molecule has 1 aromatic carbocycles. The Labute approximate surface area is 123 Å². The summed E-state index contributed by atoms with van der Waals surface area (Å²) in [6, 6.07) is 11.2. The summed E-state index contributed by atoms with van der Waals surface area (Å²) in [7, 11) is 0. The van der Waals surface area contributed by atoms with Crippen molar-refractivity contribution in [3.8, 4) is 5.75 Å². The average Bonchev–Trinajstić information content (AvgIpc) is 2.93. The van der Waals surface area contributed by atoms with Gasteiger partial charge in [0.25, 0.3) is 0 Å². The van der Waals surface area contributed by atoms with Gasteiger partial charge in [-0.25, -0.2) is 0 Å². The minimum Gasteiger partial charge on any atom is -0.506 e. The average molecular weight is 283 g/mol. The summed E-state index contributed by atoms with van der Waals surface area (Å²) in [4.78, 5) is 17.9. The summed E-state index contributed by atoms with van der Waals surface area (Å²) in [5.74, 6) is 0.328. The first kappa shape index (κ1) is 13.4. The van der Waals surface area contributed by atoms with Gasteiger partial charge in [-0.3, -0.25) is 9.78 Å². The second-order valence-electron chi connectivity index (χ2n) is 5.03. The Morgan fingerprint density at radius 2 is 2.10 bits per heavy atom. The van der Waals surface area contributed by atoms with Crippen molar-refractivity contribution in [2.45, 2.75) is 19.4 Å². The highest BCUT2D eigenvalue weighted by atomic mass is 16.3. The number of hydrogen-bond donors (Lipinski definition) is 2. The Morgan fingerprint density at radius 3 is 2.81 bits per heavy atom. The molecule has 1 aliphatic heterocycles. The van der Waals surface area contributed by atoms with Gasteiger partial charge in [0.05, 0.1) is 29.8 Å². The zero-order valence-electron chi connectivity index (χ0n) is 11.6. The number of para-hydroxylation sites is 2. The van der Waals surface area contributed by atoms with Crippen molar-refractivity contribution in [3.63, 3.8) is 0 Å². The molecule has 2 N–H and O–H groups in total. The summed E-state index contributed by atoms with van der Waals surface area (Å²) in [5.41, 5.74) is 2.66. The molecular formula is C16H17N3O2. The smallest absolute Gasteiger partial charge is 0.227 e. The van der Waals surface area contributed by atoms with Crippen LogP contribution in [0.25, 0.3) is 0 Å². The van der Waals surface area contributed by atoms with E-state index >= 15 is 0 Å². The SMILES string of the molecule is O=C1CCCN1c1ccccc1NCc1ccc(O)cn1. The van der Waals surface area contributed by atoms with Crippen molar-refractivity contribution in [1.29, 1.82) is 0 Å². The minimum atomic E-state index is 0.154. The molecule has 5 nitrogen and oxygen atoms in total. The molecule has 0 atom stereocenters. The fraction of sp³-hybridized carbons (Fsp3) is 0.250. The van der Waals surface area contributed by atoms with Gasteiger partial charge in [0.1, 0.15) is 5.75 Å². The van der Waals surface area contributed by atoms with Crippen LogP contribution in [0.3, 0.4) is 0 Å². The van der Waals surface area contributed by atoms with Crippen LogP contribution in [-0.4, -0.2) is 22.5 Å². The Balaban J connectivity index is 1.76. The highest BCUT2D eigenvalue weighted by Gasteiger charge is 2.23. The highest BCUT2D eigenvalue weighted by Crippen LogP contribution is 2.29. The number of aromatic hydroxyl groups is 1. The topological polar surface area (TPSA) is 65.5 Å². The molecule has 0 spiro atoms. The maximum atomic E-state index is 11.9. The summed E-state index contributed by atoms with van der Waals surface area (Å²) >= 11 is 0. The third-order valence-electron chi connectivity index (χ3n) is 3.54. The molecule has 0 saturated carbocycles. The molecule has 1 fully saturated rings. The van der Waals surface area contributed by atoms with Gasteiger partial charge in [-0.15, -0.1) is 0 Å². The van der Waals surface area contributed by atoms with Crippen LogP contribution in [-0.2, 0) is 11.3 Å². The van der Waals surface area contributed by atoms with Crippen LogP contribution in [0.4, 0.5) is 11.4 Å². The molecule has 2 aromatic rings. The van der Waals surface area contributed by atoms with Gasteiger partial charge in [0.15, 0.2) is 0 Å². The van der Waals surface area contributed by atoms with E-state index in [2.05, 4.69) is 10.3 Å². The van der Waals surface area contributed by atoms with Gasteiger partial charge in [0, 0.05) is 13.0 Å². The van der Waals surface area contributed by atoms with E-state index in [0.717, 1.165) is 30.0 Å². The minimum absolute atomic E-state index is 0.154. The number of pyridine rings is 1. The lowest BCUT2D eigenvalue weighted by molar-refractivity contribution is -0.117. The summed E-state index contributed by atoms with van der Waals surface area (Å²) in [5, 5.41) is 12.5. The first-order valence-corrected chi connectivity index (χ1v) is 7.01. The molecule has 0 bridgehead atoms. The molecule has 0 radical (unpaired) electrons.